The second kappa shape index (κ2) is 5.06. The fraction of sp³-hybridized carbons (Fsp3) is 0.429. The lowest BCUT2D eigenvalue weighted by molar-refractivity contribution is 0.0695. The average Bonchev–Trinajstić information content (AvgIpc) is 3.17. The first-order chi connectivity index (χ1) is 10.8. The minimum Gasteiger partial charge on any atom is -0.381 e. The van der Waals surface area contributed by atoms with Crippen molar-refractivity contribution in [3.63, 3.8) is 0 Å². The Labute approximate surface area is 126 Å². The molecule has 1 aliphatic rings. The van der Waals surface area contributed by atoms with Crippen LogP contribution in [0.2, 0.25) is 0 Å². The molecule has 0 N–H and O–H groups in total. The summed E-state index contributed by atoms with van der Waals surface area (Å²) in [6, 6.07) is 0.121. The van der Waals surface area contributed by atoms with Gasteiger partial charge in [-0.15, -0.1) is 0 Å². The number of hydrogen-bond acceptors (Lipinski definition) is 5. The fourth-order valence-corrected chi connectivity index (χ4v) is 2.90. The maximum absolute atomic E-state index is 12.6. The first-order valence-electron chi connectivity index (χ1n) is 7.26. The summed E-state index contributed by atoms with van der Waals surface area (Å²) in [6.07, 6.45) is 8.42. The van der Waals surface area contributed by atoms with E-state index in [0.717, 1.165) is 18.4 Å². The summed E-state index contributed by atoms with van der Waals surface area (Å²) in [5, 5.41) is 0. The van der Waals surface area contributed by atoms with E-state index in [1.165, 1.54) is 0 Å². The molecule has 114 valence electrons. The molecule has 0 atom stereocenters. The SMILES string of the molecule is Cn1c(=O)n(C2CCOCC2)c2nc(-n3ccnc3)ncc21. The highest BCUT2D eigenvalue weighted by molar-refractivity contribution is 5.71. The monoisotopic (exact) mass is 300 g/mol. The summed E-state index contributed by atoms with van der Waals surface area (Å²) < 4.78 is 10.5. The van der Waals surface area contributed by atoms with Crippen LogP contribution < -0.4 is 5.69 Å². The highest BCUT2D eigenvalue weighted by Gasteiger charge is 2.23. The molecule has 0 aromatic carbocycles. The van der Waals surface area contributed by atoms with E-state index in [1.807, 2.05) is 0 Å². The minimum absolute atomic E-state index is 0.0565. The summed E-state index contributed by atoms with van der Waals surface area (Å²) in [5.41, 5.74) is 1.34. The van der Waals surface area contributed by atoms with Gasteiger partial charge in [0.1, 0.15) is 11.8 Å². The van der Waals surface area contributed by atoms with Crippen LogP contribution in [0, 0.1) is 0 Å². The van der Waals surface area contributed by atoms with Gasteiger partial charge in [0.2, 0.25) is 5.95 Å². The van der Waals surface area contributed by atoms with Gasteiger partial charge in [-0.3, -0.25) is 13.7 Å². The van der Waals surface area contributed by atoms with E-state index in [9.17, 15) is 4.79 Å². The molecule has 0 bridgehead atoms. The Morgan fingerprint density at radius 3 is 2.86 bits per heavy atom. The molecule has 1 fully saturated rings. The molecule has 8 nitrogen and oxygen atoms in total. The number of ether oxygens (including phenoxy) is 1. The molecule has 4 heterocycles. The molecule has 3 aromatic rings. The molecule has 0 saturated carbocycles. The van der Waals surface area contributed by atoms with Gasteiger partial charge >= 0.3 is 5.69 Å². The lowest BCUT2D eigenvalue weighted by Gasteiger charge is -2.22. The second-order valence-corrected chi connectivity index (χ2v) is 5.40. The molecular formula is C14H16N6O2. The molecule has 1 saturated heterocycles. The second-order valence-electron chi connectivity index (χ2n) is 5.40. The van der Waals surface area contributed by atoms with E-state index < -0.39 is 0 Å². The van der Waals surface area contributed by atoms with E-state index >= 15 is 0 Å². The highest BCUT2D eigenvalue weighted by Crippen LogP contribution is 2.23. The molecule has 22 heavy (non-hydrogen) atoms. The van der Waals surface area contributed by atoms with Gasteiger partial charge in [0.15, 0.2) is 5.65 Å². The van der Waals surface area contributed by atoms with Crippen LogP contribution in [0.5, 0.6) is 0 Å². The number of fused-ring (bicyclic) bond motifs is 1. The van der Waals surface area contributed by atoms with Crippen LogP contribution in [0.3, 0.4) is 0 Å². The van der Waals surface area contributed by atoms with Gasteiger partial charge in [-0.25, -0.2) is 14.8 Å². The van der Waals surface area contributed by atoms with Gasteiger partial charge < -0.3 is 4.74 Å². The lowest BCUT2D eigenvalue weighted by atomic mass is 10.1. The standard InChI is InChI=1S/C14H16N6O2/c1-18-11-8-16-13(19-5-4-15-9-19)17-12(11)20(14(18)21)10-2-6-22-7-3-10/h4-5,8-10H,2-3,6-7H2,1H3. The Hall–Kier alpha value is -2.48. The van der Waals surface area contributed by atoms with Gasteiger partial charge in [-0.2, -0.15) is 4.98 Å². The largest absolute Gasteiger partial charge is 0.381 e. The average molecular weight is 300 g/mol. The molecule has 0 spiro atoms. The Kier molecular flexibility index (Phi) is 3.04. The molecule has 0 radical (unpaired) electrons. The van der Waals surface area contributed by atoms with Crippen molar-refractivity contribution in [1.29, 1.82) is 0 Å². The molecule has 4 rings (SSSR count). The molecule has 0 aliphatic carbocycles. The van der Waals surface area contributed by atoms with Crippen molar-refractivity contribution in [2.75, 3.05) is 13.2 Å². The zero-order valence-corrected chi connectivity index (χ0v) is 12.2. The van der Waals surface area contributed by atoms with E-state index in [2.05, 4.69) is 15.0 Å². The molecule has 0 unspecified atom stereocenters. The molecule has 0 amide bonds. The smallest absolute Gasteiger partial charge is 0.330 e. The lowest BCUT2D eigenvalue weighted by Crippen LogP contribution is -2.30. The van der Waals surface area contributed by atoms with Crippen LogP contribution in [0.1, 0.15) is 18.9 Å². The topological polar surface area (TPSA) is 79.8 Å². The van der Waals surface area contributed by atoms with Gasteiger partial charge in [0.25, 0.3) is 0 Å². The van der Waals surface area contributed by atoms with Crippen molar-refractivity contribution in [2.24, 2.45) is 7.05 Å². The summed E-state index contributed by atoms with van der Waals surface area (Å²) in [5.74, 6) is 0.511. The number of aryl methyl sites for hydroxylation is 1. The van der Waals surface area contributed by atoms with E-state index in [0.29, 0.717) is 24.8 Å². The Bertz CT molecular complexity index is 857. The Balaban J connectivity index is 1.92. The van der Waals surface area contributed by atoms with Crippen LogP contribution in [0.4, 0.5) is 0 Å². The third-order valence-corrected chi connectivity index (χ3v) is 4.11. The van der Waals surface area contributed by atoms with Gasteiger partial charge in [0.05, 0.1) is 6.20 Å². The first kappa shape index (κ1) is 13.2. The van der Waals surface area contributed by atoms with Crippen molar-refractivity contribution in [3.05, 3.63) is 35.4 Å². The molecule has 1 aliphatic heterocycles. The van der Waals surface area contributed by atoms with Crippen molar-refractivity contribution >= 4 is 11.2 Å². The van der Waals surface area contributed by atoms with E-state index in [-0.39, 0.29) is 11.7 Å². The summed E-state index contributed by atoms with van der Waals surface area (Å²) in [4.78, 5) is 25.5. The zero-order chi connectivity index (χ0) is 15.1. The quantitative estimate of drug-likeness (QED) is 0.695. The number of hydrogen-bond donors (Lipinski definition) is 0. The van der Waals surface area contributed by atoms with E-state index in [1.54, 1.807) is 45.7 Å². The van der Waals surface area contributed by atoms with Crippen LogP contribution in [0.25, 0.3) is 17.1 Å². The summed E-state index contributed by atoms with van der Waals surface area (Å²) in [7, 11) is 1.75. The van der Waals surface area contributed by atoms with E-state index in [4.69, 9.17) is 4.74 Å². The third kappa shape index (κ3) is 1.95. The van der Waals surface area contributed by atoms with Crippen molar-refractivity contribution in [2.45, 2.75) is 18.9 Å². The number of imidazole rings is 2. The molecule has 8 heteroatoms. The van der Waals surface area contributed by atoms with Gasteiger partial charge in [-0.05, 0) is 12.8 Å². The normalized spacial score (nSPS) is 16.4. The zero-order valence-electron chi connectivity index (χ0n) is 12.2. The van der Waals surface area contributed by atoms with Gasteiger partial charge in [-0.1, -0.05) is 0 Å². The predicted octanol–water partition coefficient (Wildman–Crippen LogP) is 0.667. The maximum Gasteiger partial charge on any atom is 0.330 e. The predicted molar refractivity (Wildman–Crippen MR) is 79.0 cm³/mol. The first-order valence-corrected chi connectivity index (χ1v) is 7.26. The fourth-order valence-electron chi connectivity index (χ4n) is 2.90. The molecular weight excluding hydrogens is 284 g/mol. The highest BCUT2D eigenvalue weighted by atomic mass is 16.5. The minimum atomic E-state index is -0.0565. The number of aromatic nitrogens is 6. The van der Waals surface area contributed by atoms with Crippen LogP contribution >= 0.6 is 0 Å². The Morgan fingerprint density at radius 1 is 1.32 bits per heavy atom. The van der Waals surface area contributed by atoms with Crippen molar-refractivity contribution in [3.8, 4) is 5.95 Å². The third-order valence-electron chi connectivity index (χ3n) is 4.11. The number of nitrogens with zero attached hydrogens (tertiary/aromatic N) is 6. The van der Waals surface area contributed by atoms with Crippen LogP contribution in [-0.2, 0) is 11.8 Å². The molecule has 3 aromatic heterocycles. The summed E-state index contributed by atoms with van der Waals surface area (Å²) >= 11 is 0. The van der Waals surface area contributed by atoms with Crippen LogP contribution in [-0.4, -0.2) is 41.9 Å². The van der Waals surface area contributed by atoms with Crippen molar-refractivity contribution in [1.82, 2.24) is 28.7 Å². The van der Waals surface area contributed by atoms with Crippen molar-refractivity contribution < 1.29 is 4.74 Å². The van der Waals surface area contributed by atoms with Crippen LogP contribution in [0.15, 0.2) is 29.7 Å². The summed E-state index contributed by atoms with van der Waals surface area (Å²) in [6.45, 7) is 1.35. The number of rotatable bonds is 2. The Morgan fingerprint density at radius 2 is 2.14 bits per heavy atom. The maximum atomic E-state index is 12.6. The van der Waals surface area contributed by atoms with Gasteiger partial charge in [0, 0.05) is 38.7 Å².